The Hall–Kier alpha value is -1.76. The van der Waals surface area contributed by atoms with Gasteiger partial charge in [-0.25, -0.2) is 8.78 Å². The first kappa shape index (κ1) is 14.6. The Bertz CT molecular complexity index is 537. The number of halogens is 3. The van der Waals surface area contributed by atoms with Gasteiger partial charge in [0.2, 0.25) is 5.82 Å². The molecular formula is C13H15F3N2O2. The number of phenolic OH excluding ortho intramolecular Hbond substituents is 1. The van der Waals surface area contributed by atoms with E-state index in [0.29, 0.717) is 6.07 Å². The predicted molar refractivity (Wildman–Crippen MR) is 65.6 cm³/mol. The van der Waals surface area contributed by atoms with E-state index in [1.165, 1.54) is 0 Å². The molecule has 0 radical (unpaired) electrons. The second-order valence-electron chi connectivity index (χ2n) is 4.95. The highest BCUT2D eigenvalue weighted by Gasteiger charge is 2.26. The van der Waals surface area contributed by atoms with Gasteiger partial charge >= 0.3 is 0 Å². The molecule has 1 aromatic carbocycles. The largest absolute Gasteiger partial charge is 0.503 e. The van der Waals surface area contributed by atoms with Gasteiger partial charge in [-0.1, -0.05) is 6.42 Å². The molecule has 0 aliphatic heterocycles. The van der Waals surface area contributed by atoms with Gasteiger partial charge in [-0.05, 0) is 24.8 Å². The predicted octanol–water partition coefficient (Wildman–Crippen LogP) is 1.67. The fraction of sp³-hybridized carbons (Fsp3) is 0.462. The van der Waals surface area contributed by atoms with Crippen LogP contribution in [0.25, 0.3) is 0 Å². The van der Waals surface area contributed by atoms with E-state index in [9.17, 15) is 18.0 Å². The number of phenols is 1. The summed E-state index contributed by atoms with van der Waals surface area (Å²) in [4.78, 5) is 11.8. The second-order valence-corrected chi connectivity index (χ2v) is 4.95. The lowest BCUT2D eigenvalue weighted by Crippen LogP contribution is -2.36. The molecule has 0 bridgehead atoms. The number of benzene rings is 1. The van der Waals surface area contributed by atoms with E-state index in [0.717, 1.165) is 19.3 Å². The number of aromatic hydroxyl groups is 1. The summed E-state index contributed by atoms with van der Waals surface area (Å²) in [7, 11) is 0. The quantitative estimate of drug-likeness (QED) is 0.741. The normalized spacial score (nSPS) is 22.0. The summed E-state index contributed by atoms with van der Waals surface area (Å²) >= 11 is 0. The van der Waals surface area contributed by atoms with Gasteiger partial charge in [0.25, 0.3) is 5.91 Å². The van der Waals surface area contributed by atoms with Crippen LogP contribution in [-0.2, 0) is 0 Å². The minimum absolute atomic E-state index is 0.0292. The average molecular weight is 288 g/mol. The maximum atomic E-state index is 13.5. The van der Waals surface area contributed by atoms with Crippen molar-refractivity contribution in [3.63, 3.8) is 0 Å². The van der Waals surface area contributed by atoms with Crippen LogP contribution in [0.3, 0.4) is 0 Å². The monoisotopic (exact) mass is 288 g/mol. The molecule has 110 valence electrons. The van der Waals surface area contributed by atoms with Crippen LogP contribution in [0.4, 0.5) is 13.2 Å². The van der Waals surface area contributed by atoms with Gasteiger partial charge in [-0.3, -0.25) is 4.79 Å². The van der Waals surface area contributed by atoms with Crippen LogP contribution in [0.5, 0.6) is 5.75 Å². The molecule has 1 saturated carbocycles. The van der Waals surface area contributed by atoms with Crippen LogP contribution in [0.2, 0.25) is 0 Å². The van der Waals surface area contributed by atoms with E-state index in [4.69, 9.17) is 10.8 Å². The molecule has 2 rings (SSSR count). The fourth-order valence-corrected chi connectivity index (χ4v) is 2.39. The standard InChI is InChI=1S/C13H15F3N2O2/c14-8-4-7(10(15)12(19)11(8)16)13(20)18-5-6-2-1-3-9(6)17/h4,6,9,19H,1-3,5,17H2,(H,18,20). The van der Waals surface area contributed by atoms with Gasteiger partial charge in [-0.2, -0.15) is 4.39 Å². The summed E-state index contributed by atoms with van der Waals surface area (Å²) in [5.74, 6) is -6.98. The summed E-state index contributed by atoms with van der Waals surface area (Å²) in [5, 5.41) is 11.5. The lowest BCUT2D eigenvalue weighted by atomic mass is 10.0. The lowest BCUT2D eigenvalue weighted by molar-refractivity contribution is 0.0940. The van der Waals surface area contributed by atoms with Gasteiger partial charge in [0.15, 0.2) is 17.4 Å². The van der Waals surface area contributed by atoms with Gasteiger partial charge in [0.05, 0.1) is 5.56 Å². The molecule has 0 spiro atoms. The molecule has 20 heavy (non-hydrogen) atoms. The SMILES string of the molecule is NC1CCCC1CNC(=O)c1cc(F)c(F)c(O)c1F. The van der Waals surface area contributed by atoms with Crippen molar-refractivity contribution < 1.29 is 23.1 Å². The number of rotatable bonds is 3. The third kappa shape index (κ3) is 2.72. The summed E-state index contributed by atoms with van der Waals surface area (Å²) in [6, 6.07) is 0.396. The van der Waals surface area contributed by atoms with Crippen LogP contribution in [-0.4, -0.2) is 23.6 Å². The molecule has 1 aromatic rings. The van der Waals surface area contributed by atoms with Crippen molar-refractivity contribution in [1.29, 1.82) is 0 Å². The Balaban J connectivity index is 2.10. The third-order valence-corrected chi connectivity index (χ3v) is 3.62. The molecule has 1 amide bonds. The van der Waals surface area contributed by atoms with Crippen molar-refractivity contribution >= 4 is 5.91 Å². The molecule has 2 unspecified atom stereocenters. The van der Waals surface area contributed by atoms with Crippen LogP contribution in [0.1, 0.15) is 29.6 Å². The van der Waals surface area contributed by atoms with Gasteiger partial charge in [0.1, 0.15) is 0 Å². The number of amides is 1. The van der Waals surface area contributed by atoms with Crippen LogP contribution in [0, 0.1) is 23.4 Å². The van der Waals surface area contributed by atoms with E-state index in [1.54, 1.807) is 0 Å². The van der Waals surface area contributed by atoms with Crippen molar-refractivity contribution in [2.45, 2.75) is 25.3 Å². The van der Waals surface area contributed by atoms with Gasteiger partial charge in [0, 0.05) is 12.6 Å². The van der Waals surface area contributed by atoms with Gasteiger partial charge in [-0.15, -0.1) is 0 Å². The molecule has 0 heterocycles. The van der Waals surface area contributed by atoms with E-state index in [-0.39, 0.29) is 18.5 Å². The van der Waals surface area contributed by atoms with E-state index in [1.807, 2.05) is 0 Å². The Morgan fingerprint density at radius 1 is 1.35 bits per heavy atom. The number of hydrogen-bond donors (Lipinski definition) is 3. The topological polar surface area (TPSA) is 75.3 Å². The molecule has 1 aliphatic carbocycles. The number of hydrogen-bond acceptors (Lipinski definition) is 3. The first-order valence-corrected chi connectivity index (χ1v) is 6.32. The van der Waals surface area contributed by atoms with Crippen molar-refractivity contribution in [1.82, 2.24) is 5.32 Å². The molecule has 0 aromatic heterocycles. The van der Waals surface area contributed by atoms with Gasteiger partial charge < -0.3 is 16.2 Å². The first-order valence-electron chi connectivity index (χ1n) is 6.32. The van der Waals surface area contributed by atoms with E-state index < -0.39 is 34.7 Å². The van der Waals surface area contributed by atoms with Crippen molar-refractivity contribution in [3.05, 3.63) is 29.1 Å². The molecule has 0 saturated heterocycles. The molecular weight excluding hydrogens is 273 g/mol. The molecule has 1 fully saturated rings. The summed E-state index contributed by atoms with van der Waals surface area (Å²) < 4.78 is 39.5. The number of carbonyl (C=O) groups excluding carboxylic acids is 1. The Morgan fingerprint density at radius 3 is 2.65 bits per heavy atom. The Labute approximate surface area is 113 Å². The summed E-state index contributed by atoms with van der Waals surface area (Å²) in [5.41, 5.74) is 5.10. The first-order chi connectivity index (χ1) is 9.41. The fourth-order valence-electron chi connectivity index (χ4n) is 2.39. The van der Waals surface area contributed by atoms with Crippen molar-refractivity contribution in [2.75, 3.05) is 6.54 Å². The third-order valence-electron chi connectivity index (χ3n) is 3.62. The summed E-state index contributed by atoms with van der Waals surface area (Å²) in [6.07, 6.45) is 2.68. The van der Waals surface area contributed by atoms with Crippen molar-refractivity contribution in [3.8, 4) is 5.75 Å². The van der Waals surface area contributed by atoms with Crippen LogP contribution < -0.4 is 11.1 Å². The molecule has 1 aliphatic rings. The Morgan fingerprint density at radius 2 is 2.05 bits per heavy atom. The maximum absolute atomic E-state index is 13.5. The van der Waals surface area contributed by atoms with Crippen LogP contribution in [0.15, 0.2) is 6.07 Å². The molecule has 7 heteroatoms. The highest BCUT2D eigenvalue weighted by Crippen LogP contribution is 2.26. The minimum Gasteiger partial charge on any atom is -0.503 e. The Kier molecular flexibility index (Phi) is 4.17. The lowest BCUT2D eigenvalue weighted by Gasteiger charge is -2.16. The number of nitrogens with one attached hydrogen (secondary N) is 1. The second kappa shape index (κ2) is 5.70. The smallest absolute Gasteiger partial charge is 0.254 e. The maximum Gasteiger partial charge on any atom is 0.254 e. The zero-order valence-electron chi connectivity index (χ0n) is 10.6. The average Bonchev–Trinajstić information content (AvgIpc) is 2.83. The molecule has 2 atom stereocenters. The minimum atomic E-state index is -1.71. The molecule has 4 nitrogen and oxygen atoms in total. The zero-order valence-corrected chi connectivity index (χ0v) is 10.6. The van der Waals surface area contributed by atoms with E-state index in [2.05, 4.69) is 5.32 Å². The van der Waals surface area contributed by atoms with Crippen molar-refractivity contribution in [2.24, 2.45) is 11.7 Å². The molecule has 4 N–H and O–H groups in total. The summed E-state index contributed by atoms with van der Waals surface area (Å²) in [6.45, 7) is 0.235. The number of carbonyl (C=O) groups is 1. The number of nitrogens with two attached hydrogens (primary N) is 1. The van der Waals surface area contributed by atoms with E-state index >= 15 is 0 Å². The highest BCUT2D eigenvalue weighted by atomic mass is 19.2. The highest BCUT2D eigenvalue weighted by molar-refractivity contribution is 5.95. The zero-order chi connectivity index (χ0) is 14.9. The van der Waals surface area contributed by atoms with Crippen LogP contribution >= 0.6 is 0 Å².